The van der Waals surface area contributed by atoms with Gasteiger partial charge in [0, 0.05) is 29.4 Å². The van der Waals surface area contributed by atoms with Gasteiger partial charge in [-0.25, -0.2) is 0 Å². The van der Waals surface area contributed by atoms with Crippen LogP contribution in [0.4, 0.5) is 5.69 Å². The van der Waals surface area contributed by atoms with E-state index in [-0.39, 0.29) is 36.9 Å². The van der Waals surface area contributed by atoms with Gasteiger partial charge >= 0.3 is 0 Å². The smallest absolute Gasteiger partial charge is 0.250 e. The predicted molar refractivity (Wildman–Crippen MR) is 114 cm³/mol. The normalized spacial score (nSPS) is 28.9. The number of likely N-dealkylation sites (tertiary alicyclic amines) is 1. The van der Waals surface area contributed by atoms with E-state index in [9.17, 15) is 14.4 Å². The molecule has 0 aromatic heterocycles. The summed E-state index contributed by atoms with van der Waals surface area (Å²) in [6.45, 7) is 0.411. The first-order chi connectivity index (χ1) is 15.0. The molecule has 0 radical (unpaired) electrons. The fraction of sp³-hybridized carbons (Fsp3) is 0.348. The average molecular weight is 440 g/mol. The van der Waals surface area contributed by atoms with E-state index in [2.05, 4.69) is 10.6 Å². The molecule has 0 saturated carbocycles. The summed E-state index contributed by atoms with van der Waals surface area (Å²) in [5.41, 5.74) is 0.914. The third-order valence-corrected chi connectivity index (χ3v) is 6.82. The Labute approximate surface area is 184 Å². The van der Waals surface area contributed by atoms with E-state index in [1.807, 2.05) is 30.3 Å². The Balaban J connectivity index is 1.62. The Hall–Kier alpha value is -2.74. The van der Waals surface area contributed by atoms with E-state index in [1.165, 1.54) is 12.0 Å². The summed E-state index contributed by atoms with van der Waals surface area (Å²) in [5.74, 6) is -2.44. The number of methoxy groups -OCH3 is 1. The molecule has 3 aliphatic rings. The maximum atomic E-state index is 13.5. The summed E-state index contributed by atoms with van der Waals surface area (Å²) in [4.78, 5) is 41.5. The van der Waals surface area contributed by atoms with Gasteiger partial charge in [0.2, 0.25) is 17.7 Å². The molecule has 0 bridgehead atoms. The summed E-state index contributed by atoms with van der Waals surface area (Å²) >= 11 is 6.26. The molecule has 31 heavy (non-hydrogen) atoms. The zero-order valence-electron chi connectivity index (χ0n) is 16.9. The molecule has 4 atom stereocenters. The zero-order valence-corrected chi connectivity index (χ0v) is 17.7. The van der Waals surface area contributed by atoms with Crippen LogP contribution in [-0.4, -0.2) is 48.9 Å². The molecule has 3 heterocycles. The molecule has 2 aromatic carbocycles. The minimum atomic E-state index is -1.33. The molecule has 7 nitrogen and oxygen atoms in total. The molecule has 160 valence electrons. The van der Waals surface area contributed by atoms with Crippen molar-refractivity contribution in [2.75, 3.05) is 25.6 Å². The third-order valence-electron chi connectivity index (χ3n) is 6.59. The van der Waals surface area contributed by atoms with Crippen LogP contribution in [-0.2, 0) is 31.1 Å². The van der Waals surface area contributed by atoms with Gasteiger partial charge in [0.1, 0.15) is 5.54 Å². The van der Waals surface area contributed by atoms with E-state index < -0.39 is 17.4 Å². The van der Waals surface area contributed by atoms with E-state index in [1.54, 1.807) is 18.2 Å². The molecular weight excluding hydrogens is 418 g/mol. The summed E-state index contributed by atoms with van der Waals surface area (Å²) < 4.78 is 5.10. The van der Waals surface area contributed by atoms with Crippen LogP contribution >= 0.6 is 11.6 Å². The number of imide groups is 1. The van der Waals surface area contributed by atoms with Crippen molar-refractivity contribution in [3.63, 3.8) is 0 Å². The molecule has 3 amide bonds. The molecule has 2 saturated heterocycles. The monoisotopic (exact) mass is 439 g/mol. The highest BCUT2D eigenvalue weighted by Gasteiger charge is 2.70. The summed E-state index contributed by atoms with van der Waals surface area (Å²) in [6.07, 6.45) is 0.518. The molecule has 2 aromatic rings. The molecule has 3 aliphatic heterocycles. The second kappa shape index (κ2) is 7.44. The topological polar surface area (TPSA) is 87.7 Å². The first-order valence-corrected chi connectivity index (χ1v) is 10.6. The summed E-state index contributed by atoms with van der Waals surface area (Å²) in [6, 6.07) is 14.5. The highest BCUT2D eigenvalue weighted by Crippen LogP contribution is 2.53. The maximum absolute atomic E-state index is 13.5. The number of rotatable bonds is 5. The summed E-state index contributed by atoms with van der Waals surface area (Å²) in [5, 5.41) is 6.76. The number of ether oxygens (including phenoxy) is 1. The predicted octanol–water partition coefficient (Wildman–Crippen LogP) is 1.95. The number of benzene rings is 2. The van der Waals surface area contributed by atoms with Crippen LogP contribution in [0, 0.1) is 11.8 Å². The van der Waals surface area contributed by atoms with Crippen molar-refractivity contribution in [3.8, 4) is 0 Å². The van der Waals surface area contributed by atoms with Crippen molar-refractivity contribution in [2.45, 2.75) is 18.0 Å². The Morgan fingerprint density at radius 2 is 1.87 bits per heavy atom. The minimum Gasteiger partial charge on any atom is -0.383 e. The standard InChI is InChI=1S/C23H22ClN3O4/c1-31-10-9-27-20(28)18-17(11-13-5-3-2-4-6-13)26-23(19(18)21(27)29)15-12-14(24)7-8-16(15)25-22(23)30/h2-8,12,17-19,26H,9-11H2,1H3,(H,25,30)/t17-,18-,19+,23-/m1/s1. The largest absolute Gasteiger partial charge is 0.383 e. The maximum Gasteiger partial charge on any atom is 0.250 e. The number of nitrogens with one attached hydrogen (secondary N) is 2. The minimum absolute atomic E-state index is 0.166. The Morgan fingerprint density at radius 1 is 1.10 bits per heavy atom. The lowest BCUT2D eigenvalue weighted by Gasteiger charge is -2.29. The Bertz CT molecular complexity index is 1080. The number of fused-ring (bicyclic) bond motifs is 4. The van der Waals surface area contributed by atoms with Crippen LogP contribution in [0.15, 0.2) is 48.5 Å². The molecule has 0 aliphatic carbocycles. The second-order valence-electron chi connectivity index (χ2n) is 8.22. The molecule has 1 spiro atoms. The number of hydrogen-bond donors (Lipinski definition) is 2. The molecule has 8 heteroatoms. The van der Waals surface area contributed by atoms with Crippen LogP contribution in [0.3, 0.4) is 0 Å². The SMILES string of the molecule is COCCN1C(=O)[C@H]2[C@@H](C1=O)[C@@]1(N[C@@H]2Cc2ccccc2)C(=O)Nc2ccc(Cl)cc21. The van der Waals surface area contributed by atoms with E-state index >= 15 is 0 Å². The fourth-order valence-electron chi connectivity index (χ4n) is 5.28. The van der Waals surface area contributed by atoms with Crippen LogP contribution in [0.1, 0.15) is 11.1 Å². The van der Waals surface area contributed by atoms with Crippen LogP contribution in [0.25, 0.3) is 0 Å². The van der Waals surface area contributed by atoms with Crippen molar-refractivity contribution in [1.29, 1.82) is 0 Å². The number of nitrogens with zero attached hydrogens (tertiary/aromatic N) is 1. The van der Waals surface area contributed by atoms with Crippen molar-refractivity contribution < 1.29 is 19.1 Å². The number of hydrogen-bond acceptors (Lipinski definition) is 5. The average Bonchev–Trinajstić information content (AvgIpc) is 3.33. The lowest BCUT2D eigenvalue weighted by molar-refractivity contribution is -0.143. The van der Waals surface area contributed by atoms with Crippen molar-refractivity contribution in [2.24, 2.45) is 11.8 Å². The van der Waals surface area contributed by atoms with E-state index in [0.717, 1.165) is 5.56 Å². The van der Waals surface area contributed by atoms with Crippen LogP contribution < -0.4 is 10.6 Å². The number of anilines is 1. The lowest BCUT2D eigenvalue weighted by Crippen LogP contribution is -2.53. The van der Waals surface area contributed by atoms with Gasteiger partial charge in [-0.15, -0.1) is 0 Å². The number of halogens is 1. The first kappa shape index (κ1) is 20.2. The van der Waals surface area contributed by atoms with Gasteiger partial charge in [-0.05, 0) is 30.2 Å². The first-order valence-electron chi connectivity index (χ1n) is 10.2. The number of carbonyl (C=O) groups excluding carboxylic acids is 3. The van der Waals surface area contributed by atoms with Crippen molar-refractivity contribution >= 4 is 35.0 Å². The van der Waals surface area contributed by atoms with Crippen LogP contribution in [0.2, 0.25) is 5.02 Å². The van der Waals surface area contributed by atoms with Crippen LogP contribution in [0.5, 0.6) is 0 Å². The lowest BCUT2D eigenvalue weighted by atomic mass is 9.76. The van der Waals surface area contributed by atoms with Gasteiger partial charge < -0.3 is 10.1 Å². The quantitative estimate of drug-likeness (QED) is 0.695. The Morgan fingerprint density at radius 3 is 2.61 bits per heavy atom. The highest BCUT2D eigenvalue weighted by atomic mass is 35.5. The van der Waals surface area contributed by atoms with Gasteiger partial charge in [-0.2, -0.15) is 0 Å². The van der Waals surface area contributed by atoms with Gasteiger partial charge in [-0.3, -0.25) is 24.6 Å². The zero-order chi connectivity index (χ0) is 21.8. The van der Waals surface area contributed by atoms with Crippen molar-refractivity contribution in [1.82, 2.24) is 10.2 Å². The van der Waals surface area contributed by atoms with Gasteiger partial charge in [0.15, 0.2) is 0 Å². The molecule has 5 rings (SSSR count). The molecule has 2 N–H and O–H groups in total. The summed E-state index contributed by atoms with van der Waals surface area (Å²) in [7, 11) is 1.52. The molecule has 0 unspecified atom stereocenters. The van der Waals surface area contributed by atoms with Gasteiger partial charge in [-0.1, -0.05) is 41.9 Å². The molecular formula is C23H22ClN3O4. The number of amides is 3. The van der Waals surface area contributed by atoms with Gasteiger partial charge in [0.25, 0.3) is 0 Å². The highest BCUT2D eigenvalue weighted by molar-refractivity contribution is 6.31. The fourth-order valence-corrected chi connectivity index (χ4v) is 5.45. The van der Waals surface area contributed by atoms with E-state index in [0.29, 0.717) is 22.7 Å². The van der Waals surface area contributed by atoms with E-state index in [4.69, 9.17) is 16.3 Å². The van der Waals surface area contributed by atoms with Crippen molar-refractivity contribution in [3.05, 3.63) is 64.7 Å². The molecule has 2 fully saturated rings. The second-order valence-corrected chi connectivity index (χ2v) is 8.65. The van der Waals surface area contributed by atoms with Gasteiger partial charge in [0.05, 0.1) is 25.0 Å². The Kier molecular flexibility index (Phi) is 4.84. The number of carbonyl (C=O) groups is 3. The third kappa shape index (κ3) is 2.91.